The largest absolute Gasteiger partial charge is 0.439 e. The zero-order valence-corrected chi connectivity index (χ0v) is 19.4. The van der Waals surface area contributed by atoms with E-state index in [0.717, 1.165) is 46.0 Å². The van der Waals surface area contributed by atoms with E-state index in [4.69, 9.17) is 9.53 Å². The van der Waals surface area contributed by atoms with Gasteiger partial charge in [-0.3, -0.25) is 14.6 Å². The summed E-state index contributed by atoms with van der Waals surface area (Å²) in [6.45, 7) is 4.77. The number of carbonyl (C=O) groups is 2. The summed E-state index contributed by atoms with van der Waals surface area (Å²) in [6.07, 6.45) is 3.61. The maximum absolute atomic E-state index is 12.5. The zero-order chi connectivity index (χ0) is 23.6. The molecular formula is C25H26N4O3S. The van der Waals surface area contributed by atoms with Crippen LogP contribution in [0.2, 0.25) is 0 Å². The van der Waals surface area contributed by atoms with Crippen LogP contribution in [0.3, 0.4) is 0 Å². The van der Waals surface area contributed by atoms with Gasteiger partial charge in [-0.1, -0.05) is 48.5 Å². The molecule has 3 aromatic rings. The number of rotatable bonds is 5. The van der Waals surface area contributed by atoms with E-state index in [-0.39, 0.29) is 18.7 Å². The maximum atomic E-state index is 12.5. The first kappa shape index (κ1) is 23.9. The van der Waals surface area contributed by atoms with Gasteiger partial charge in [0.15, 0.2) is 5.13 Å². The Balaban J connectivity index is 0.000000968. The molecule has 0 radical (unpaired) electrons. The molecule has 0 bridgehead atoms. The minimum Gasteiger partial charge on any atom is -0.439 e. The van der Waals surface area contributed by atoms with Crippen LogP contribution in [0.15, 0.2) is 71.2 Å². The fraction of sp³-hybridized carbons (Fsp3) is 0.200. The highest BCUT2D eigenvalue weighted by Gasteiger charge is 2.13. The number of amides is 2. The van der Waals surface area contributed by atoms with E-state index in [1.165, 1.54) is 11.3 Å². The molecule has 0 atom stereocenters. The Hall–Kier alpha value is -3.78. The van der Waals surface area contributed by atoms with Crippen molar-refractivity contribution >= 4 is 34.7 Å². The number of aliphatic imine (C=N–C) groups is 1. The van der Waals surface area contributed by atoms with Crippen LogP contribution in [0.4, 0.5) is 5.13 Å². The van der Waals surface area contributed by atoms with Crippen molar-refractivity contribution in [2.24, 2.45) is 10.7 Å². The Bertz CT molecular complexity index is 1150. The van der Waals surface area contributed by atoms with Crippen molar-refractivity contribution in [3.8, 4) is 17.0 Å². The van der Waals surface area contributed by atoms with Crippen molar-refractivity contribution in [1.29, 1.82) is 0 Å². The van der Waals surface area contributed by atoms with Gasteiger partial charge in [-0.05, 0) is 38.0 Å². The third-order valence-electron chi connectivity index (χ3n) is 4.77. The number of thiazole rings is 1. The quantitative estimate of drug-likeness (QED) is 0.543. The van der Waals surface area contributed by atoms with Crippen molar-refractivity contribution in [3.63, 3.8) is 0 Å². The fourth-order valence-electron chi connectivity index (χ4n) is 3.22. The number of nitrogens with one attached hydrogen (secondary N) is 1. The summed E-state index contributed by atoms with van der Waals surface area (Å²) in [5.41, 5.74) is 8.09. The molecular weight excluding hydrogens is 436 g/mol. The van der Waals surface area contributed by atoms with Gasteiger partial charge >= 0.3 is 0 Å². The van der Waals surface area contributed by atoms with Crippen LogP contribution in [0.1, 0.15) is 23.8 Å². The van der Waals surface area contributed by atoms with Gasteiger partial charge in [0, 0.05) is 22.6 Å². The van der Waals surface area contributed by atoms with Crippen LogP contribution in [0.25, 0.3) is 11.3 Å². The monoisotopic (exact) mass is 462 g/mol. The lowest BCUT2D eigenvalue weighted by molar-refractivity contribution is -0.115. The second kappa shape index (κ2) is 11.7. The summed E-state index contributed by atoms with van der Waals surface area (Å²) in [5, 5.41) is 3.54. The molecule has 2 amide bonds. The lowest BCUT2D eigenvalue weighted by Crippen LogP contribution is -2.15. The first-order valence-electron chi connectivity index (χ1n) is 10.5. The van der Waals surface area contributed by atoms with Crippen molar-refractivity contribution in [2.75, 3.05) is 11.9 Å². The molecule has 0 saturated heterocycles. The standard InChI is InChI=1S/C24H23N3O2S.CH3NO/c1-16-7-6-14-25-23(16)29-20-12-10-18(11-13-20)15-21(28)26-24-27-22(17(2)30-24)19-8-4-3-5-9-19;2-1-3/h3-5,7-13H,6,14-15H2,1-2H3,(H,26,27,28);1H,(H2,2,3). The van der Waals surface area contributed by atoms with Crippen LogP contribution in [0, 0.1) is 6.92 Å². The molecule has 3 N–H and O–H groups in total. The Morgan fingerprint density at radius 1 is 1.15 bits per heavy atom. The summed E-state index contributed by atoms with van der Waals surface area (Å²) in [6, 6.07) is 17.5. The van der Waals surface area contributed by atoms with Gasteiger partial charge in [-0.15, -0.1) is 11.3 Å². The smallest absolute Gasteiger partial charge is 0.230 e. The van der Waals surface area contributed by atoms with Gasteiger partial charge < -0.3 is 15.8 Å². The number of anilines is 1. The molecule has 0 saturated carbocycles. The molecule has 1 aliphatic heterocycles. The van der Waals surface area contributed by atoms with Gasteiger partial charge in [-0.25, -0.2) is 4.98 Å². The second-order valence-corrected chi connectivity index (χ2v) is 8.46. The molecule has 0 spiro atoms. The SMILES string of the molecule is CC1=CCCN=C1Oc1ccc(CC(=O)Nc2nc(-c3ccccc3)c(C)s2)cc1.NC=O. The molecule has 0 aliphatic carbocycles. The van der Waals surface area contributed by atoms with Gasteiger partial charge in [0.2, 0.25) is 18.2 Å². The van der Waals surface area contributed by atoms with Gasteiger partial charge in [0.25, 0.3) is 0 Å². The molecule has 0 fully saturated rings. The van der Waals surface area contributed by atoms with Gasteiger partial charge in [-0.2, -0.15) is 0 Å². The van der Waals surface area contributed by atoms with E-state index >= 15 is 0 Å². The molecule has 170 valence electrons. The zero-order valence-electron chi connectivity index (χ0n) is 18.6. The number of nitrogens with zero attached hydrogens (tertiary/aromatic N) is 2. The summed E-state index contributed by atoms with van der Waals surface area (Å²) < 4.78 is 5.85. The molecule has 1 aliphatic rings. The van der Waals surface area contributed by atoms with Crippen LogP contribution < -0.4 is 15.8 Å². The molecule has 33 heavy (non-hydrogen) atoms. The number of benzene rings is 2. The highest BCUT2D eigenvalue weighted by molar-refractivity contribution is 7.16. The average molecular weight is 463 g/mol. The summed E-state index contributed by atoms with van der Waals surface area (Å²) in [7, 11) is 0. The number of dihydropyridines is 1. The van der Waals surface area contributed by atoms with E-state index in [1.807, 2.05) is 68.4 Å². The Labute approximate surface area is 197 Å². The predicted molar refractivity (Wildman–Crippen MR) is 133 cm³/mol. The number of hydrogen-bond acceptors (Lipinski definition) is 6. The van der Waals surface area contributed by atoms with Gasteiger partial charge in [0.1, 0.15) is 5.75 Å². The number of ether oxygens (including phenoxy) is 1. The lowest BCUT2D eigenvalue weighted by Gasteiger charge is -2.13. The third kappa shape index (κ3) is 6.85. The average Bonchev–Trinajstić information content (AvgIpc) is 3.17. The van der Waals surface area contributed by atoms with Gasteiger partial charge in [0.05, 0.1) is 12.1 Å². The minimum absolute atomic E-state index is 0.0903. The first-order chi connectivity index (χ1) is 16.0. The van der Waals surface area contributed by atoms with Crippen LogP contribution in [-0.4, -0.2) is 29.7 Å². The number of primary amides is 1. The Morgan fingerprint density at radius 3 is 2.52 bits per heavy atom. The number of aryl methyl sites for hydroxylation is 1. The Kier molecular flexibility index (Phi) is 8.49. The molecule has 2 heterocycles. The molecule has 0 unspecified atom stereocenters. The molecule has 2 aromatic carbocycles. The van der Waals surface area contributed by atoms with Crippen LogP contribution in [0.5, 0.6) is 5.75 Å². The lowest BCUT2D eigenvalue weighted by atomic mass is 10.1. The van der Waals surface area contributed by atoms with Crippen molar-refractivity contribution in [3.05, 3.63) is 76.7 Å². The predicted octanol–water partition coefficient (Wildman–Crippen LogP) is 4.53. The molecule has 1 aromatic heterocycles. The van der Waals surface area contributed by atoms with E-state index in [2.05, 4.69) is 27.1 Å². The second-order valence-electron chi connectivity index (χ2n) is 7.26. The Morgan fingerprint density at radius 2 is 1.85 bits per heavy atom. The van der Waals surface area contributed by atoms with E-state index in [1.54, 1.807) is 0 Å². The topological polar surface area (TPSA) is 107 Å². The fourth-order valence-corrected chi connectivity index (χ4v) is 4.07. The highest BCUT2D eigenvalue weighted by Crippen LogP contribution is 2.30. The number of aromatic nitrogens is 1. The van der Waals surface area contributed by atoms with E-state index in [9.17, 15) is 4.79 Å². The minimum atomic E-state index is -0.0903. The summed E-state index contributed by atoms with van der Waals surface area (Å²) in [5.74, 6) is 1.29. The normalized spacial score (nSPS) is 12.5. The van der Waals surface area contributed by atoms with E-state index in [0.29, 0.717) is 11.0 Å². The molecule has 4 rings (SSSR count). The summed E-state index contributed by atoms with van der Waals surface area (Å²) in [4.78, 5) is 31.1. The number of nitrogens with two attached hydrogens (primary N) is 1. The van der Waals surface area contributed by atoms with Crippen LogP contribution >= 0.6 is 11.3 Å². The number of hydrogen-bond donors (Lipinski definition) is 2. The molecule has 8 heteroatoms. The first-order valence-corrected chi connectivity index (χ1v) is 11.3. The maximum Gasteiger partial charge on any atom is 0.230 e. The highest BCUT2D eigenvalue weighted by atomic mass is 32.1. The van der Waals surface area contributed by atoms with Crippen LogP contribution in [-0.2, 0) is 16.0 Å². The van der Waals surface area contributed by atoms with Crippen molar-refractivity contribution in [2.45, 2.75) is 26.7 Å². The van der Waals surface area contributed by atoms with Crippen molar-refractivity contribution < 1.29 is 14.3 Å². The summed E-state index contributed by atoms with van der Waals surface area (Å²) >= 11 is 1.49. The van der Waals surface area contributed by atoms with Crippen molar-refractivity contribution in [1.82, 2.24) is 4.98 Å². The number of carbonyl (C=O) groups excluding carboxylic acids is 2. The molecule has 7 nitrogen and oxygen atoms in total. The third-order valence-corrected chi connectivity index (χ3v) is 5.65. The van der Waals surface area contributed by atoms with E-state index < -0.39 is 0 Å².